The van der Waals surface area contributed by atoms with E-state index in [1.54, 1.807) is 0 Å². The number of benzene rings is 1. The molecule has 2 N–H and O–H groups in total. The molecule has 0 atom stereocenters. The number of nitrogens with zero attached hydrogens (tertiary/aromatic N) is 2. The molecule has 1 aromatic rings. The molecule has 0 spiro atoms. The summed E-state index contributed by atoms with van der Waals surface area (Å²) >= 11 is 3.51. The van der Waals surface area contributed by atoms with Crippen LogP contribution >= 0.6 is 15.9 Å². The van der Waals surface area contributed by atoms with Crippen molar-refractivity contribution in [3.05, 3.63) is 34.3 Å². The maximum Gasteiger partial charge on any atom is 0.191 e. The van der Waals surface area contributed by atoms with Crippen LogP contribution in [0.5, 0.6) is 0 Å². The van der Waals surface area contributed by atoms with Crippen LogP contribution in [-0.2, 0) is 6.54 Å². The van der Waals surface area contributed by atoms with Crippen molar-refractivity contribution in [2.75, 3.05) is 26.7 Å². The number of guanidine groups is 1. The molecule has 122 valence electrons. The van der Waals surface area contributed by atoms with Gasteiger partial charge in [-0.25, -0.2) is 0 Å². The highest BCUT2D eigenvalue weighted by Crippen LogP contribution is 2.12. The third-order valence-electron chi connectivity index (χ3n) is 4.04. The topological polar surface area (TPSA) is 39.7 Å². The Balaban J connectivity index is 1.76. The van der Waals surface area contributed by atoms with E-state index in [1.807, 2.05) is 13.1 Å². The Morgan fingerprint density at radius 3 is 2.77 bits per heavy atom. The highest BCUT2D eigenvalue weighted by Gasteiger charge is 2.19. The fraction of sp³-hybridized carbons (Fsp3) is 0.588. The van der Waals surface area contributed by atoms with Gasteiger partial charge in [0.2, 0.25) is 0 Å². The molecule has 1 fully saturated rings. The van der Waals surface area contributed by atoms with Gasteiger partial charge in [0.25, 0.3) is 0 Å². The van der Waals surface area contributed by atoms with Crippen molar-refractivity contribution in [2.45, 2.75) is 38.8 Å². The molecule has 0 aromatic heterocycles. The first-order valence-corrected chi connectivity index (χ1v) is 8.94. The minimum Gasteiger partial charge on any atom is -0.354 e. The number of hydrogen-bond donors (Lipinski definition) is 2. The van der Waals surface area contributed by atoms with Gasteiger partial charge >= 0.3 is 0 Å². The molecule has 0 unspecified atom stereocenters. The minimum atomic E-state index is 0.529. The average molecular weight is 367 g/mol. The number of halogens is 1. The Morgan fingerprint density at radius 1 is 1.36 bits per heavy atom. The standard InChI is InChI=1S/C17H27BrN4/c1-3-9-22-10-7-16(8-11-22)21-17(19-2)20-13-14-5-4-6-15(18)12-14/h4-6,12,16H,3,7-11,13H2,1-2H3,(H2,19,20,21). The Bertz CT molecular complexity index is 481. The maximum atomic E-state index is 4.34. The zero-order valence-electron chi connectivity index (χ0n) is 13.6. The van der Waals surface area contributed by atoms with E-state index >= 15 is 0 Å². The monoisotopic (exact) mass is 366 g/mol. The van der Waals surface area contributed by atoms with Crippen molar-refractivity contribution in [1.29, 1.82) is 0 Å². The van der Waals surface area contributed by atoms with E-state index in [-0.39, 0.29) is 0 Å². The van der Waals surface area contributed by atoms with E-state index in [9.17, 15) is 0 Å². The van der Waals surface area contributed by atoms with Crippen LogP contribution < -0.4 is 10.6 Å². The summed E-state index contributed by atoms with van der Waals surface area (Å²) in [5.41, 5.74) is 1.25. The van der Waals surface area contributed by atoms with Crippen molar-refractivity contribution in [3.63, 3.8) is 0 Å². The molecular formula is C17H27BrN4. The van der Waals surface area contributed by atoms with Crippen molar-refractivity contribution in [2.24, 2.45) is 4.99 Å². The van der Waals surface area contributed by atoms with Crippen molar-refractivity contribution >= 4 is 21.9 Å². The lowest BCUT2D eigenvalue weighted by atomic mass is 10.1. The Morgan fingerprint density at radius 2 is 2.14 bits per heavy atom. The van der Waals surface area contributed by atoms with Gasteiger partial charge in [0.1, 0.15) is 0 Å². The number of aliphatic imine (C=N–C) groups is 1. The third kappa shape index (κ3) is 5.61. The fourth-order valence-electron chi connectivity index (χ4n) is 2.84. The Hall–Kier alpha value is -1.07. The smallest absolute Gasteiger partial charge is 0.191 e. The first-order chi connectivity index (χ1) is 10.7. The minimum absolute atomic E-state index is 0.529. The normalized spacial score (nSPS) is 17.5. The summed E-state index contributed by atoms with van der Waals surface area (Å²) in [5, 5.41) is 6.95. The van der Waals surface area contributed by atoms with Gasteiger partial charge in [0, 0.05) is 37.2 Å². The lowest BCUT2D eigenvalue weighted by molar-refractivity contribution is 0.206. The van der Waals surface area contributed by atoms with Crippen molar-refractivity contribution < 1.29 is 0 Å². The molecule has 1 aromatic carbocycles. The molecule has 1 aliphatic heterocycles. The van der Waals surface area contributed by atoms with E-state index in [1.165, 1.54) is 44.5 Å². The highest BCUT2D eigenvalue weighted by molar-refractivity contribution is 9.10. The molecule has 0 bridgehead atoms. The zero-order valence-corrected chi connectivity index (χ0v) is 15.2. The van der Waals surface area contributed by atoms with Crippen molar-refractivity contribution in [3.8, 4) is 0 Å². The number of likely N-dealkylation sites (tertiary alicyclic amines) is 1. The molecule has 0 amide bonds. The SMILES string of the molecule is CCCN1CCC(NC(=NC)NCc2cccc(Br)c2)CC1. The molecule has 2 rings (SSSR count). The lowest BCUT2D eigenvalue weighted by Gasteiger charge is -2.32. The van der Waals surface area contributed by atoms with Gasteiger partial charge in [-0.2, -0.15) is 0 Å². The van der Waals surface area contributed by atoms with Crippen LogP contribution in [0.15, 0.2) is 33.7 Å². The Labute approximate surface area is 142 Å². The van der Waals surface area contributed by atoms with Crippen molar-refractivity contribution in [1.82, 2.24) is 15.5 Å². The third-order valence-corrected chi connectivity index (χ3v) is 4.53. The second-order valence-corrected chi connectivity index (χ2v) is 6.73. The number of hydrogen-bond acceptors (Lipinski definition) is 2. The van der Waals surface area contributed by atoms with Crippen LogP contribution in [0.25, 0.3) is 0 Å². The van der Waals surface area contributed by atoms with E-state index in [0.717, 1.165) is 17.0 Å². The zero-order chi connectivity index (χ0) is 15.8. The van der Waals surface area contributed by atoms with Crippen LogP contribution in [-0.4, -0.2) is 43.6 Å². The molecule has 22 heavy (non-hydrogen) atoms. The predicted molar refractivity (Wildman–Crippen MR) is 97.2 cm³/mol. The number of piperidine rings is 1. The summed E-state index contributed by atoms with van der Waals surface area (Å²) in [4.78, 5) is 6.90. The molecule has 1 heterocycles. The van der Waals surface area contributed by atoms with Crippen LogP contribution in [0, 0.1) is 0 Å². The van der Waals surface area contributed by atoms with Gasteiger partial charge in [-0.05, 0) is 43.5 Å². The van der Waals surface area contributed by atoms with Gasteiger partial charge in [-0.1, -0.05) is 35.0 Å². The molecule has 0 radical (unpaired) electrons. The molecule has 1 aliphatic rings. The van der Waals surface area contributed by atoms with Gasteiger partial charge in [0.15, 0.2) is 5.96 Å². The number of rotatable bonds is 5. The highest BCUT2D eigenvalue weighted by atomic mass is 79.9. The fourth-order valence-corrected chi connectivity index (χ4v) is 3.28. The van der Waals surface area contributed by atoms with E-state index in [2.05, 4.69) is 61.6 Å². The number of nitrogens with one attached hydrogen (secondary N) is 2. The summed E-state index contributed by atoms with van der Waals surface area (Å²) in [6, 6.07) is 8.88. The summed E-state index contributed by atoms with van der Waals surface area (Å²) < 4.78 is 1.11. The van der Waals surface area contributed by atoms with Crippen LogP contribution in [0.3, 0.4) is 0 Å². The van der Waals surface area contributed by atoms with E-state index in [4.69, 9.17) is 0 Å². The van der Waals surface area contributed by atoms with Gasteiger partial charge in [0.05, 0.1) is 0 Å². The lowest BCUT2D eigenvalue weighted by Crippen LogP contribution is -2.48. The summed E-state index contributed by atoms with van der Waals surface area (Å²) in [7, 11) is 1.84. The van der Waals surface area contributed by atoms with Gasteiger partial charge in [-0.15, -0.1) is 0 Å². The first kappa shape index (κ1) is 17.3. The van der Waals surface area contributed by atoms with E-state index < -0.39 is 0 Å². The average Bonchev–Trinajstić information content (AvgIpc) is 2.53. The molecule has 1 saturated heterocycles. The van der Waals surface area contributed by atoms with Crippen LogP contribution in [0.4, 0.5) is 0 Å². The van der Waals surface area contributed by atoms with Crippen LogP contribution in [0.1, 0.15) is 31.7 Å². The molecular weight excluding hydrogens is 340 g/mol. The predicted octanol–water partition coefficient (Wildman–Crippen LogP) is 2.99. The van der Waals surface area contributed by atoms with E-state index in [0.29, 0.717) is 6.04 Å². The summed E-state index contributed by atoms with van der Waals surface area (Å²) in [6.45, 7) is 6.64. The molecule has 0 saturated carbocycles. The molecule has 4 nitrogen and oxygen atoms in total. The van der Waals surface area contributed by atoms with Gasteiger partial charge < -0.3 is 15.5 Å². The van der Waals surface area contributed by atoms with Gasteiger partial charge in [-0.3, -0.25) is 4.99 Å². The molecule has 0 aliphatic carbocycles. The first-order valence-electron chi connectivity index (χ1n) is 8.15. The quantitative estimate of drug-likeness (QED) is 0.621. The largest absolute Gasteiger partial charge is 0.354 e. The second kappa shape index (κ2) is 9.16. The summed E-state index contributed by atoms with van der Waals surface area (Å²) in [6.07, 6.45) is 3.63. The van der Waals surface area contributed by atoms with Crippen LogP contribution in [0.2, 0.25) is 0 Å². The Kier molecular flexibility index (Phi) is 7.19. The second-order valence-electron chi connectivity index (χ2n) is 5.82. The summed E-state index contributed by atoms with van der Waals surface area (Å²) in [5.74, 6) is 0.897. The molecule has 5 heteroatoms. The maximum absolute atomic E-state index is 4.34.